The van der Waals surface area contributed by atoms with Gasteiger partial charge >= 0.3 is 0 Å². The molecule has 1 aliphatic rings. The Labute approximate surface area is 159 Å². The molecule has 1 N–H and O–H groups in total. The highest BCUT2D eigenvalue weighted by Gasteiger charge is 2.28. The van der Waals surface area contributed by atoms with Crippen LogP contribution in [0.2, 0.25) is 0 Å². The summed E-state index contributed by atoms with van der Waals surface area (Å²) in [5.41, 5.74) is 5.06. The number of benzene rings is 1. The second-order valence-corrected chi connectivity index (χ2v) is 7.53. The van der Waals surface area contributed by atoms with Crippen molar-refractivity contribution in [2.75, 3.05) is 13.1 Å². The predicted octanol–water partition coefficient (Wildman–Crippen LogP) is 3.81. The van der Waals surface area contributed by atoms with E-state index in [1.54, 1.807) is 6.20 Å². The van der Waals surface area contributed by atoms with Gasteiger partial charge in [0.2, 0.25) is 0 Å². The van der Waals surface area contributed by atoms with Crippen molar-refractivity contribution in [3.05, 3.63) is 47.0 Å². The van der Waals surface area contributed by atoms with Gasteiger partial charge in [0.05, 0.1) is 22.8 Å². The summed E-state index contributed by atoms with van der Waals surface area (Å²) in [4.78, 5) is 23.2. The Hall–Kier alpha value is -2.63. The van der Waals surface area contributed by atoms with Crippen LogP contribution < -0.4 is 0 Å². The van der Waals surface area contributed by atoms with Crippen LogP contribution in [0.25, 0.3) is 11.0 Å². The van der Waals surface area contributed by atoms with E-state index >= 15 is 0 Å². The molecule has 0 spiro atoms. The maximum atomic E-state index is 12.9. The third-order valence-corrected chi connectivity index (χ3v) is 5.67. The highest BCUT2D eigenvalue weighted by atomic mass is 16.2. The van der Waals surface area contributed by atoms with Crippen molar-refractivity contribution in [2.45, 2.75) is 52.5 Å². The highest BCUT2D eigenvalue weighted by Crippen LogP contribution is 2.29. The molecule has 27 heavy (non-hydrogen) atoms. The van der Waals surface area contributed by atoms with E-state index in [1.807, 2.05) is 16.5 Å². The minimum absolute atomic E-state index is 0.105. The van der Waals surface area contributed by atoms with Crippen LogP contribution in [-0.2, 0) is 6.54 Å². The zero-order chi connectivity index (χ0) is 19.0. The minimum atomic E-state index is 0.105. The fourth-order valence-electron chi connectivity index (χ4n) is 4.01. The minimum Gasteiger partial charge on any atom is -0.342 e. The standard InChI is InChI=1S/C21H27N5O/c1-4-10-26-15(3)17(13-22-26)21(27)25-11-8-16(9-12-25)20-23-18-7-5-6-14(2)19(18)24-20/h5-7,13,16H,4,8-12H2,1-3H3,(H,23,24). The van der Waals surface area contributed by atoms with Crippen LogP contribution in [0.1, 0.15) is 59.5 Å². The van der Waals surface area contributed by atoms with Gasteiger partial charge < -0.3 is 9.88 Å². The van der Waals surface area contributed by atoms with Crippen molar-refractivity contribution in [1.82, 2.24) is 24.6 Å². The number of piperidine rings is 1. The summed E-state index contributed by atoms with van der Waals surface area (Å²) in [6.07, 6.45) is 4.61. The Morgan fingerprint density at radius 2 is 2.04 bits per heavy atom. The molecule has 0 saturated carbocycles. The van der Waals surface area contributed by atoms with E-state index < -0.39 is 0 Å². The summed E-state index contributed by atoms with van der Waals surface area (Å²) in [6.45, 7) is 8.57. The fourth-order valence-corrected chi connectivity index (χ4v) is 4.01. The molecule has 1 aliphatic heterocycles. The van der Waals surface area contributed by atoms with E-state index in [9.17, 15) is 4.79 Å². The van der Waals surface area contributed by atoms with E-state index in [2.05, 4.69) is 42.1 Å². The number of carbonyl (C=O) groups is 1. The maximum Gasteiger partial charge on any atom is 0.257 e. The SMILES string of the molecule is CCCn1ncc(C(=O)N2CCC(c3nc4c(C)cccc4[nH]3)CC2)c1C. The molecule has 0 atom stereocenters. The number of likely N-dealkylation sites (tertiary alicyclic amines) is 1. The zero-order valence-electron chi connectivity index (χ0n) is 16.3. The molecule has 4 rings (SSSR count). The molecule has 6 nitrogen and oxygen atoms in total. The number of aromatic amines is 1. The molecular formula is C21H27N5O. The second-order valence-electron chi connectivity index (χ2n) is 7.53. The lowest BCUT2D eigenvalue weighted by molar-refractivity contribution is 0.0710. The molecular weight excluding hydrogens is 338 g/mol. The molecule has 1 amide bonds. The van der Waals surface area contributed by atoms with Gasteiger partial charge in [0.15, 0.2) is 0 Å². The first kappa shape index (κ1) is 17.8. The molecule has 1 aromatic carbocycles. The number of nitrogens with zero attached hydrogens (tertiary/aromatic N) is 4. The van der Waals surface area contributed by atoms with Crippen LogP contribution in [0.5, 0.6) is 0 Å². The molecule has 2 aromatic heterocycles. The monoisotopic (exact) mass is 365 g/mol. The molecule has 0 bridgehead atoms. The molecule has 3 heterocycles. The number of para-hydroxylation sites is 1. The summed E-state index contributed by atoms with van der Waals surface area (Å²) in [7, 11) is 0. The normalized spacial score (nSPS) is 15.6. The van der Waals surface area contributed by atoms with Crippen LogP contribution in [0.3, 0.4) is 0 Å². The van der Waals surface area contributed by atoms with Gasteiger partial charge in [0.25, 0.3) is 5.91 Å². The first-order valence-electron chi connectivity index (χ1n) is 9.85. The van der Waals surface area contributed by atoms with Gasteiger partial charge in [0, 0.05) is 31.2 Å². The predicted molar refractivity (Wildman–Crippen MR) is 106 cm³/mol. The Morgan fingerprint density at radius 1 is 1.26 bits per heavy atom. The van der Waals surface area contributed by atoms with E-state index in [4.69, 9.17) is 4.98 Å². The molecule has 3 aromatic rings. The fraction of sp³-hybridized carbons (Fsp3) is 0.476. The van der Waals surface area contributed by atoms with Crippen molar-refractivity contribution in [1.29, 1.82) is 0 Å². The zero-order valence-corrected chi connectivity index (χ0v) is 16.3. The Bertz CT molecular complexity index is 962. The third-order valence-electron chi connectivity index (χ3n) is 5.67. The molecule has 142 valence electrons. The van der Waals surface area contributed by atoms with Crippen molar-refractivity contribution in [3.63, 3.8) is 0 Å². The van der Waals surface area contributed by atoms with Crippen molar-refractivity contribution in [2.24, 2.45) is 0 Å². The number of fused-ring (bicyclic) bond motifs is 1. The second kappa shape index (κ2) is 7.18. The first-order valence-corrected chi connectivity index (χ1v) is 9.85. The third kappa shape index (κ3) is 3.24. The number of carbonyl (C=O) groups excluding carboxylic acids is 1. The number of hydrogen-bond donors (Lipinski definition) is 1. The number of H-pyrrole nitrogens is 1. The highest BCUT2D eigenvalue weighted by molar-refractivity contribution is 5.95. The number of hydrogen-bond acceptors (Lipinski definition) is 3. The van der Waals surface area contributed by atoms with Crippen molar-refractivity contribution >= 4 is 16.9 Å². The van der Waals surface area contributed by atoms with Crippen LogP contribution in [0.4, 0.5) is 0 Å². The quantitative estimate of drug-likeness (QED) is 0.764. The van der Waals surface area contributed by atoms with Gasteiger partial charge in [-0.2, -0.15) is 5.10 Å². The lowest BCUT2D eigenvalue weighted by Gasteiger charge is -2.31. The maximum absolute atomic E-state index is 12.9. The van der Waals surface area contributed by atoms with E-state index in [-0.39, 0.29) is 5.91 Å². The van der Waals surface area contributed by atoms with Gasteiger partial charge in [0.1, 0.15) is 5.82 Å². The molecule has 6 heteroatoms. The summed E-state index contributed by atoms with van der Waals surface area (Å²) >= 11 is 0. The smallest absolute Gasteiger partial charge is 0.257 e. The number of amides is 1. The summed E-state index contributed by atoms with van der Waals surface area (Å²) in [6, 6.07) is 6.23. The van der Waals surface area contributed by atoms with Crippen LogP contribution in [-0.4, -0.2) is 43.6 Å². The number of imidazole rings is 1. The summed E-state index contributed by atoms with van der Waals surface area (Å²) in [5, 5.41) is 4.37. The number of aromatic nitrogens is 4. The van der Waals surface area contributed by atoms with Gasteiger partial charge in [-0.1, -0.05) is 19.1 Å². The number of rotatable bonds is 4. The lowest BCUT2D eigenvalue weighted by Crippen LogP contribution is -2.38. The topological polar surface area (TPSA) is 66.8 Å². The Kier molecular flexibility index (Phi) is 4.72. The van der Waals surface area contributed by atoms with Crippen LogP contribution in [0, 0.1) is 13.8 Å². The van der Waals surface area contributed by atoms with E-state index in [0.29, 0.717) is 5.92 Å². The van der Waals surface area contributed by atoms with Crippen LogP contribution >= 0.6 is 0 Å². The average Bonchev–Trinajstić information content (AvgIpc) is 3.27. The summed E-state index contributed by atoms with van der Waals surface area (Å²) in [5.74, 6) is 1.54. The van der Waals surface area contributed by atoms with Crippen LogP contribution in [0.15, 0.2) is 24.4 Å². The first-order chi connectivity index (χ1) is 13.1. The molecule has 0 unspecified atom stereocenters. The van der Waals surface area contributed by atoms with Gasteiger partial charge in [-0.15, -0.1) is 0 Å². The number of nitrogens with one attached hydrogen (secondary N) is 1. The van der Waals surface area contributed by atoms with Crippen molar-refractivity contribution in [3.8, 4) is 0 Å². The Balaban J connectivity index is 1.45. The summed E-state index contributed by atoms with van der Waals surface area (Å²) < 4.78 is 1.93. The van der Waals surface area contributed by atoms with E-state index in [1.165, 1.54) is 5.56 Å². The molecule has 0 radical (unpaired) electrons. The van der Waals surface area contributed by atoms with Crippen molar-refractivity contribution < 1.29 is 4.79 Å². The van der Waals surface area contributed by atoms with E-state index in [0.717, 1.165) is 67.0 Å². The van der Waals surface area contributed by atoms with Gasteiger partial charge in [-0.3, -0.25) is 9.48 Å². The number of aryl methyl sites for hydroxylation is 2. The lowest BCUT2D eigenvalue weighted by atomic mass is 9.95. The molecule has 1 fully saturated rings. The van der Waals surface area contributed by atoms with Gasteiger partial charge in [-0.05, 0) is 44.7 Å². The largest absolute Gasteiger partial charge is 0.342 e. The molecule has 0 aliphatic carbocycles. The average molecular weight is 365 g/mol. The molecule has 1 saturated heterocycles. The van der Waals surface area contributed by atoms with Gasteiger partial charge in [-0.25, -0.2) is 4.98 Å². The Morgan fingerprint density at radius 3 is 2.74 bits per heavy atom.